The summed E-state index contributed by atoms with van der Waals surface area (Å²) in [5, 5.41) is 11.5. The molecule has 0 saturated heterocycles. The SMILES string of the molecule is COC(=O)c1c(C)oc(NC(=O)c2ccco2)c1C#N. The number of methoxy groups -OCH3 is 1. The molecule has 0 unspecified atom stereocenters. The van der Waals surface area contributed by atoms with Crippen molar-refractivity contribution in [3.63, 3.8) is 0 Å². The van der Waals surface area contributed by atoms with Crippen LogP contribution in [0, 0.1) is 18.3 Å². The molecule has 1 amide bonds. The summed E-state index contributed by atoms with van der Waals surface area (Å²) in [4.78, 5) is 23.4. The molecule has 20 heavy (non-hydrogen) atoms. The van der Waals surface area contributed by atoms with E-state index in [0.717, 1.165) is 0 Å². The van der Waals surface area contributed by atoms with Crippen LogP contribution < -0.4 is 5.32 Å². The summed E-state index contributed by atoms with van der Waals surface area (Å²) in [6.07, 6.45) is 1.34. The second-order valence-corrected chi connectivity index (χ2v) is 3.77. The van der Waals surface area contributed by atoms with Gasteiger partial charge in [-0.05, 0) is 19.1 Å². The first-order valence-corrected chi connectivity index (χ1v) is 5.55. The number of hydrogen-bond acceptors (Lipinski definition) is 6. The van der Waals surface area contributed by atoms with Gasteiger partial charge in [-0.2, -0.15) is 5.26 Å². The van der Waals surface area contributed by atoms with Gasteiger partial charge in [-0.15, -0.1) is 0 Å². The highest BCUT2D eigenvalue weighted by molar-refractivity contribution is 6.04. The van der Waals surface area contributed by atoms with Gasteiger partial charge >= 0.3 is 5.97 Å². The Balaban J connectivity index is 2.36. The number of nitrogens with one attached hydrogen (secondary N) is 1. The Kier molecular flexibility index (Phi) is 3.57. The van der Waals surface area contributed by atoms with Crippen molar-refractivity contribution in [2.45, 2.75) is 6.92 Å². The summed E-state index contributed by atoms with van der Waals surface area (Å²) in [6, 6.07) is 4.82. The average Bonchev–Trinajstić information content (AvgIpc) is 3.05. The Hall–Kier alpha value is -3.01. The molecule has 7 heteroatoms. The van der Waals surface area contributed by atoms with E-state index in [0.29, 0.717) is 0 Å². The highest BCUT2D eigenvalue weighted by Gasteiger charge is 2.26. The molecule has 2 aromatic heterocycles. The van der Waals surface area contributed by atoms with E-state index in [2.05, 4.69) is 10.1 Å². The summed E-state index contributed by atoms with van der Waals surface area (Å²) >= 11 is 0. The number of anilines is 1. The van der Waals surface area contributed by atoms with Gasteiger partial charge in [-0.25, -0.2) is 4.79 Å². The average molecular weight is 274 g/mol. The number of hydrogen-bond donors (Lipinski definition) is 1. The smallest absolute Gasteiger partial charge is 0.342 e. The minimum absolute atomic E-state index is 0.00950. The van der Waals surface area contributed by atoms with E-state index in [-0.39, 0.29) is 28.5 Å². The zero-order valence-corrected chi connectivity index (χ0v) is 10.7. The van der Waals surface area contributed by atoms with E-state index >= 15 is 0 Å². The number of nitriles is 1. The summed E-state index contributed by atoms with van der Waals surface area (Å²) < 4.78 is 14.7. The van der Waals surface area contributed by atoms with E-state index in [1.165, 1.54) is 26.4 Å². The third kappa shape index (κ3) is 2.27. The van der Waals surface area contributed by atoms with Gasteiger partial charge in [0, 0.05) is 0 Å². The zero-order chi connectivity index (χ0) is 14.7. The molecule has 102 valence electrons. The molecule has 2 heterocycles. The number of aryl methyl sites for hydroxylation is 1. The fourth-order valence-electron chi connectivity index (χ4n) is 1.66. The summed E-state index contributed by atoms with van der Waals surface area (Å²) in [5.41, 5.74) is -0.0981. The van der Waals surface area contributed by atoms with E-state index in [1.54, 1.807) is 6.07 Å². The van der Waals surface area contributed by atoms with Crippen molar-refractivity contribution >= 4 is 17.8 Å². The van der Waals surface area contributed by atoms with Crippen molar-refractivity contribution in [1.29, 1.82) is 5.26 Å². The van der Waals surface area contributed by atoms with Crippen LogP contribution in [0.5, 0.6) is 0 Å². The molecule has 0 bridgehead atoms. The largest absolute Gasteiger partial charge is 0.465 e. The maximum atomic E-state index is 11.8. The first kappa shape index (κ1) is 13.4. The molecule has 0 aromatic carbocycles. The highest BCUT2D eigenvalue weighted by atomic mass is 16.5. The molecule has 0 aliphatic rings. The van der Waals surface area contributed by atoms with E-state index in [1.807, 2.05) is 6.07 Å². The van der Waals surface area contributed by atoms with Gasteiger partial charge in [-0.3, -0.25) is 10.1 Å². The predicted molar refractivity (Wildman–Crippen MR) is 66.2 cm³/mol. The summed E-state index contributed by atoms with van der Waals surface area (Å²) in [5.74, 6) is -1.17. The van der Waals surface area contributed by atoms with Crippen molar-refractivity contribution < 1.29 is 23.2 Å². The van der Waals surface area contributed by atoms with Crippen LogP contribution in [0.3, 0.4) is 0 Å². The van der Waals surface area contributed by atoms with Gasteiger partial charge in [0.15, 0.2) is 5.76 Å². The molecule has 0 aliphatic carbocycles. The summed E-state index contributed by atoms with van der Waals surface area (Å²) in [6.45, 7) is 1.50. The third-order valence-corrected chi connectivity index (χ3v) is 2.56. The molecule has 0 spiro atoms. The van der Waals surface area contributed by atoms with E-state index in [4.69, 9.17) is 14.1 Å². The van der Waals surface area contributed by atoms with Crippen LogP contribution in [0.4, 0.5) is 5.88 Å². The predicted octanol–water partition coefficient (Wildman–Crippen LogP) is 2.09. The molecule has 0 radical (unpaired) electrons. The van der Waals surface area contributed by atoms with Gasteiger partial charge in [0.1, 0.15) is 23.0 Å². The monoisotopic (exact) mass is 274 g/mol. The van der Waals surface area contributed by atoms with Crippen molar-refractivity contribution in [2.24, 2.45) is 0 Å². The molecule has 1 N–H and O–H groups in total. The van der Waals surface area contributed by atoms with Gasteiger partial charge in [-0.1, -0.05) is 0 Å². The Bertz CT molecular complexity index is 691. The van der Waals surface area contributed by atoms with E-state index in [9.17, 15) is 9.59 Å². The number of carbonyl (C=O) groups is 2. The standard InChI is InChI=1S/C13H10N2O5/c1-7-10(13(17)18-2)8(6-14)12(20-7)15-11(16)9-4-3-5-19-9/h3-5H,1-2H3,(H,15,16). The number of rotatable bonds is 3. The lowest BCUT2D eigenvalue weighted by molar-refractivity contribution is 0.0598. The number of esters is 1. The van der Waals surface area contributed by atoms with Crippen LogP contribution in [-0.4, -0.2) is 19.0 Å². The molecular weight excluding hydrogens is 264 g/mol. The molecule has 0 atom stereocenters. The van der Waals surface area contributed by atoms with Crippen LogP contribution >= 0.6 is 0 Å². The molecule has 7 nitrogen and oxygen atoms in total. The van der Waals surface area contributed by atoms with Crippen molar-refractivity contribution in [3.8, 4) is 6.07 Å². The Morgan fingerprint density at radius 1 is 1.45 bits per heavy atom. The fraction of sp³-hybridized carbons (Fsp3) is 0.154. The van der Waals surface area contributed by atoms with Gasteiger partial charge in [0.05, 0.1) is 13.4 Å². The second kappa shape index (κ2) is 5.32. The minimum Gasteiger partial charge on any atom is -0.465 e. The Morgan fingerprint density at radius 2 is 2.20 bits per heavy atom. The quantitative estimate of drug-likeness (QED) is 0.859. The van der Waals surface area contributed by atoms with E-state index < -0.39 is 11.9 Å². The van der Waals surface area contributed by atoms with Crippen LogP contribution in [0.2, 0.25) is 0 Å². The van der Waals surface area contributed by atoms with Crippen LogP contribution in [0.25, 0.3) is 0 Å². The number of furan rings is 2. The van der Waals surface area contributed by atoms with Gasteiger partial charge in [0.25, 0.3) is 5.91 Å². The molecule has 0 aliphatic heterocycles. The molecular formula is C13H10N2O5. The number of amides is 1. The topological polar surface area (TPSA) is 105 Å². The molecule has 2 aromatic rings. The van der Waals surface area contributed by atoms with Crippen molar-refractivity contribution in [3.05, 3.63) is 41.0 Å². The van der Waals surface area contributed by atoms with Crippen molar-refractivity contribution in [1.82, 2.24) is 0 Å². The van der Waals surface area contributed by atoms with Gasteiger partial charge < -0.3 is 13.6 Å². The lowest BCUT2D eigenvalue weighted by atomic mass is 10.1. The molecule has 0 saturated carbocycles. The molecule has 0 fully saturated rings. The van der Waals surface area contributed by atoms with Crippen molar-refractivity contribution in [2.75, 3.05) is 12.4 Å². The number of carbonyl (C=O) groups excluding carboxylic acids is 2. The first-order chi connectivity index (χ1) is 9.58. The first-order valence-electron chi connectivity index (χ1n) is 5.55. The normalized spacial score (nSPS) is 9.85. The third-order valence-electron chi connectivity index (χ3n) is 2.56. The lowest BCUT2D eigenvalue weighted by Crippen LogP contribution is -2.11. The molecule has 2 rings (SSSR count). The number of ether oxygens (including phenoxy) is 1. The maximum absolute atomic E-state index is 11.8. The van der Waals surface area contributed by atoms with Crippen LogP contribution in [-0.2, 0) is 4.74 Å². The van der Waals surface area contributed by atoms with Crippen LogP contribution in [0.15, 0.2) is 27.2 Å². The summed E-state index contributed by atoms with van der Waals surface area (Å²) in [7, 11) is 1.19. The Morgan fingerprint density at radius 3 is 2.75 bits per heavy atom. The highest BCUT2D eigenvalue weighted by Crippen LogP contribution is 2.27. The zero-order valence-electron chi connectivity index (χ0n) is 10.7. The van der Waals surface area contributed by atoms with Gasteiger partial charge in [0.2, 0.25) is 5.88 Å². The number of nitrogens with zero attached hydrogens (tertiary/aromatic N) is 1. The maximum Gasteiger partial charge on any atom is 0.342 e. The Labute approximate surface area is 113 Å². The second-order valence-electron chi connectivity index (χ2n) is 3.77. The minimum atomic E-state index is -0.707. The fourth-order valence-corrected chi connectivity index (χ4v) is 1.66. The van der Waals surface area contributed by atoms with Crippen LogP contribution in [0.1, 0.15) is 32.2 Å². The lowest BCUT2D eigenvalue weighted by Gasteiger charge is -1.99.